The van der Waals surface area contributed by atoms with Gasteiger partial charge in [-0.1, -0.05) is 18.2 Å². The molecule has 0 unspecified atom stereocenters. The third-order valence-electron chi connectivity index (χ3n) is 4.47. The molecule has 3 rings (SSSR count). The minimum absolute atomic E-state index is 0. The summed E-state index contributed by atoms with van der Waals surface area (Å²) in [5.41, 5.74) is 9.43. The SMILES string of the molecule is COc1ccc(NC(N)=NCc2ccccc2N2CCCCC2)cc1.I. The van der Waals surface area contributed by atoms with Crippen molar-refractivity contribution in [2.24, 2.45) is 10.7 Å². The van der Waals surface area contributed by atoms with Crippen molar-refractivity contribution in [1.29, 1.82) is 0 Å². The summed E-state index contributed by atoms with van der Waals surface area (Å²) in [6.45, 7) is 2.82. The van der Waals surface area contributed by atoms with Crippen LogP contribution in [0.1, 0.15) is 24.8 Å². The number of nitrogens with two attached hydrogens (primary N) is 1. The van der Waals surface area contributed by atoms with Gasteiger partial charge >= 0.3 is 0 Å². The molecule has 0 spiro atoms. The van der Waals surface area contributed by atoms with Crippen LogP contribution in [0.15, 0.2) is 53.5 Å². The number of benzene rings is 2. The molecule has 0 amide bonds. The van der Waals surface area contributed by atoms with E-state index in [0.29, 0.717) is 12.5 Å². The summed E-state index contributed by atoms with van der Waals surface area (Å²) in [5.74, 6) is 1.23. The highest BCUT2D eigenvalue weighted by molar-refractivity contribution is 14.0. The second-order valence-electron chi connectivity index (χ2n) is 6.23. The third kappa shape index (κ3) is 5.52. The summed E-state index contributed by atoms with van der Waals surface area (Å²) in [5, 5.41) is 3.12. The van der Waals surface area contributed by atoms with Crippen molar-refractivity contribution in [2.75, 3.05) is 30.4 Å². The number of piperidine rings is 1. The zero-order valence-corrected chi connectivity index (χ0v) is 17.5. The lowest BCUT2D eigenvalue weighted by Crippen LogP contribution is -2.30. The van der Waals surface area contributed by atoms with Crippen LogP contribution in [0.3, 0.4) is 0 Å². The monoisotopic (exact) mass is 466 g/mol. The molecular weight excluding hydrogens is 439 g/mol. The van der Waals surface area contributed by atoms with Gasteiger partial charge in [-0.3, -0.25) is 0 Å². The van der Waals surface area contributed by atoms with E-state index in [1.807, 2.05) is 24.3 Å². The molecule has 6 heteroatoms. The second kappa shape index (κ2) is 10.3. The minimum Gasteiger partial charge on any atom is -0.497 e. The molecule has 0 atom stereocenters. The summed E-state index contributed by atoms with van der Waals surface area (Å²) >= 11 is 0. The molecule has 5 nitrogen and oxygen atoms in total. The molecule has 2 aromatic rings. The Morgan fingerprint density at radius 3 is 2.46 bits per heavy atom. The van der Waals surface area contributed by atoms with Crippen LogP contribution in [0.5, 0.6) is 5.75 Å². The molecule has 0 aromatic heterocycles. The molecule has 26 heavy (non-hydrogen) atoms. The number of ether oxygens (including phenoxy) is 1. The van der Waals surface area contributed by atoms with Crippen LogP contribution >= 0.6 is 24.0 Å². The first-order valence-electron chi connectivity index (χ1n) is 8.80. The number of hydrogen-bond donors (Lipinski definition) is 2. The highest BCUT2D eigenvalue weighted by atomic mass is 127. The second-order valence-corrected chi connectivity index (χ2v) is 6.23. The van der Waals surface area contributed by atoms with Gasteiger partial charge < -0.3 is 20.7 Å². The van der Waals surface area contributed by atoms with Crippen LogP contribution in [0.4, 0.5) is 11.4 Å². The van der Waals surface area contributed by atoms with Gasteiger partial charge in [-0.05, 0) is 55.2 Å². The van der Waals surface area contributed by atoms with Crippen molar-refractivity contribution in [3.8, 4) is 5.75 Å². The molecular formula is C20H27IN4O. The molecule has 140 valence electrons. The van der Waals surface area contributed by atoms with E-state index >= 15 is 0 Å². The molecule has 0 aliphatic carbocycles. The lowest BCUT2D eigenvalue weighted by atomic mass is 10.1. The minimum atomic E-state index is 0. The van der Waals surface area contributed by atoms with Crippen LogP contribution in [0.25, 0.3) is 0 Å². The van der Waals surface area contributed by atoms with Gasteiger partial charge in [0.15, 0.2) is 5.96 Å². The smallest absolute Gasteiger partial charge is 0.193 e. The molecule has 1 fully saturated rings. The van der Waals surface area contributed by atoms with Crippen molar-refractivity contribution < 1.29 is 4.74 Å². The fourth-order valence-corrected chi connectivity index (χ4v) is 3.12. The van der Waals surface area contributed by atoms with Gasteiger partial charge in [-0.2, -0.15) is 0 Å². The average molecular weight is 466 g/mol. The highest BCUT2D eigenvalue weighted by Gasteiger charge is 2.13. The van der Waals surface area contributed by atoms with Crippen LogP contribution in [-0.2, 0) is 6.54 Å². The van der Waals surface area contributed by atoms with Crippen molar-refractivity contribution in [1.82, 2.24) is 0 Å². The number of anilines is 2. The topological polar surface area (TPSA) is 62.9 Å². The predicted molar refractivity (Wildman–Crippen MR) is 120 cm³/mol. The summed E-state index contributed by atoms with van der Waals surface area (Å²) < 4.78 is 5.16. The van der Waals surface area contributed by atoms with Gasteiger partial charge in [0.2, 0.25) is 0 Å². The van der Waals surface area contributed by atoms with Crippen molar-refractivity contribution in [3.63, 3.8) is 0 Å². The third-order valence-corrected chi connectivity index (χ3v) is 4.47. The molecule has 0 saturated carbocycles. The maximum atomic E-state index is 6.05. The zero-order valence-electron chi connectivity index (χ0n) is 15.1. The zero-order chi connectivity index (χ0) is 17.5. The Morgan fingerprint density at radius 2 is 1.77 bits per heavy atom. The van der Waals surface area contributed by atoms with Crippen molar-refractivity contribution in [3.05, 3.63) is 54.1 Å². The Morgan fingerprint density at radius 1 is 1.08 bits per heavy atom. The molecule has 0 bridgehead atoms. The summed E-state index contributed by atoms with van der Waals surface area (Å²) in [6, 6.07) is 16.1. The Labute approximate surface area is 172 Å². The molecule has 1 heterocycles. The fraction of sp³-hybridized carbons (Fsp3) is 0.350. The number of halogens is 1. The number of nitrogens with one attached hydrogen (secondary N) is 1. The van der Waals surface area contributed by atoms with E-state index in [9.17, 15) is 0 Å². The van der Waals surface area contributed by atoms with Gasteiger partial charge in [-0.15, -0.1) is 24.0 Å². The number of methoxy groups -OCH3 is 1. The summed E-state index contributed by atoms with van der Waals surface area (Å²) in [6.07, 6.45) is 3.85. The normalized spacial score (nSPS) is 14.5. The molecule has 1 aliphatic rings. The van der Waals surface area contributed by atoms with Crippen molar-refractivity contribution in [2.45, 2.75) is 25.8 Å². The van der Waals surface area contributed by atoms with E-state index in [0.717, 1.165) is 24.5 Å². The van der Waals surface area contributed by atoms with Crippen LogP contribution in [0, 0.1) is 0 Å². The fourth-order valence-electron chi connectivity index (χ4n) is 3.12. The standard InChI is InChI=1S/C20H26N4O.HI/c1-25-18-11-9-17(10-12-18)23-20(21)22-15-16-7-3-4-8-19(16)24-13-5-2-6-14-24;/h3-4,7-12H,2,5-6,13-15H2,1H3,(H3,21,22,23);1H. The van der Waals surface area contributed by atoms with Gasteiger partial charge in [0.25, 0.3) is 0 Å². The maximum Gasteiger partial charge on any atom is 0.193 e. The average Bonchev–Trinajstić information content (AvgIpc) is 2.68. The Hall–Kier alpha value is -1.96. The molecule has 1 saturated heterocycles. The summed E-state index contributed by atoms with van der Waals surface area (Å²) in [7, 11) is 1.65. The van der Waals surface area contributed by atoms with E-state index in [1.165, 1.54) is 30.5 Å². The molecule has 0 radical (unpaired) electrons. The number of guanidine groups is 1. The summed E-state index contributed by atoms with van der Waals surface area (Å²) in [4.78, 5) is 6.97. The van der Waals surface area contributed by atoms with Crippen LogP contribution in [-0.4, -0.2) is 26.2 Å². The number of rotatable bonds is 5. The lowest BCUT2D eigenvalue weighted by Gasteiger charge is -2.30. The molecule has 2 aromatic carbocycles. The largest absolute Gasteiger partial charge is 0.497 e. The first-order valence-corrected chi connectivity index (χ1v) is 8.80. The van der Waals surface area contributed by atoms with E-state index in [1.54, 1.807) is 7.11 Å². The van der Waals surface area contributed by atoms with Gasteiger partial charge in [0.05, 0.1) is 13.7 Å². The lowest BCUT2D eigenvalue weighted by molar-refractivity contribution is 0.415. The van der Waals surface area contributed by atoms with Gasteiger partial charge in [0, 0.05) is 24.5 Å². The number of hydrogen-bond acceptors (Lipinski definition) is 3. The Bertz CT molecular complexity index is 712. The first kappa shape index (κ1) is 20.4. The quantitative estimate of drug-likeness (QED) is 0.394. The van der Waals surface area contributed by atoms with Gasteiger partial charge in [-0.25, -0.2) is 4.99 Å². The van der Waals surface area contributed by atoms with E-state index < -0.39 is 0 Å². The number of para-hydroxylation sites is 1. The Kier molecular flexibility index (Phi) is 8.03. The van der Waals surface area contributed by atoms with E-state index in [4.69, 9.17) is 10.5 Å². The Balaban J connectivity index is 0.00000243. The van der Waals surface area contributed by atoms with E-state index in [-0.39, 0.29) is 24.0 Å². The van der Waals surface area contributed by atoms with Crippen molar-refractivity contribution >= 4 is 41.3 Å². The number of nitrogens with zero attached hydrogens (tertiary/aromatic N) is 2. The first-order chi connectivity index (χ1) is 12.3. The molecule has 1 aliphatic heterocycles. The van der Waals surface area contributed by atoms with E-state index in [2.05, 4.69) is 39.5 Å². The van der Waals surface area contributed by atoms with Crippen LogP contribution < -0.4 is 20.7 Å². The van der Waals surface area contributed by atoms with Crippen LogP contribution in [0.2, 0.25) is 0 Å². The molecule has 3 N–H and O–H groups in total. The maximum absolute atomic E-state index is 6.05. The van der Waals surface area contributed by atoms with Gasteiger partial charge in [0.1, 0.15) is 5.75 Å². The highest BCUT2D eigenvalue weighted by Crippen LogP contribution is 2.24. The number of aliphatic imine (C=N–C) groups is 1. The predicted octanol–water partition coefficient (Wildman–Crippen LogP) is 4.23.